The van der Waals surface area contributed by atoms with Gasteiger partial charge in [0.25, 0.3) is 0 Å². The molecule has 0 aromatic heterocycles. The van der Waals surface area contributed by atoms with Gasteiger partial charge in [-0.05, 0) is 31.6 Å². The predicted molar refractivity (Wildman–Crippen MR) is 94.2 cm³/mol. The lowest BCUT2D eigenvalue weighted by Crippen LogP contribution is -1.97. The van der Waals surface area contributed by atoms with Gasteiger partial charge in [-0.25, -0.2) is 0 Å². The fraction of sp³-hybridized carbons (Fsp3) is 0.900. The molecule has 0 spiro atoms. The quantitative estimate of drug-likeness (QED) is 0.228. The molecule has 2 atom stereocenters. The number of hydrogen-bond acceptors (Lipinski definition) is 0. The number of rotatable bonds is 14. The Balaban J connectivity index is 3.26. The van der Waals surface area contributed by atoms with E-state index in [0.29, 0.717) is 0 Å². The molecule has 0 heterocycles. The van der Waals surface area contributed by atoms with E-state index in [1.807, 2.05) is 0 Å². The summed E-state index contributed by atoms with van der Waals surface area (Å²) in [5, 5.41) is 0. The van der Waals surface area contributed by atoms with E-state index >= 15 is 0 Å². The summed E-state index contributed by atoms with van der Waals surface area (Å²) in [4.78, 5) is 0. The summed E-state index contributed by atoms with van der Waals surface area (Å²) in [5.41, 5.74) is 0. The van der Waals surface area contributed by atoms with E-state index in [9.17, 15) is 0 Å². The molecule has 20 heavy (non-hydrogen) atoms. The van der Waals surface area contributed by atoms with Crippen molar-refractivity contribution in [2.75, 3.05) is 0 Å². The van der Waals surface area contributed by atoms with E-state index in [0.717, 1.165) is 11.8 Å². The van der Waals surface area contributed by atoms with Crippen molar-refractivity contribution in [2.45, 2.75) is 105 Å². The van der Waals surface area contributed by atoms with E-state index < -0.39 is 0 Å². The molecule has 0 radical (unpaired) electrons. The highest BCUT2D eigenvalue weighted by atomic mass is 14.1. The maximum atomic E-state index is 2.45. The van der Waals surface area contributed by atoms with Gasteiger partial charge in [0, 0.05) is 0 Å². The molecule has 0 nitrogen and oxygen atoms in total. The van der Waals surface area contributed by atoms with Crippen molar-refractivity contribution in [1.29, 1.82) is 0 Å². The lowest BCUT2D eigenvalue weighted by Gasteiger charge is -2.13. The zero-order chi connectivity index (χ0) is 15.1. The van der Waals surface area contributed by atoms with Crippen molar-refractivity contribution < 1.29 is 0 Å². The summed E-state index contributed by atoms with van der Waals surface area (Å²) in [5.74, 6) is 1.90. The standard InChI is InChI=1S/C20H40/c1-5-7-8-9-10-11-12-16-20(4)18-14-13-17-19(3)15-6-2/h5,7,19-20H,6,8-18H2,1-4H3. The first kappa shape index (κ1) is 19.7. The van der Waals surface area contributed by atoms with Gasteiger partial charge in [0.1, 0.15) is 0 Å². The molecule has 0 aromatic carbocycles. The molecular formula is C20H40. The van der Waals surface area contributed by atoms with Crippen molar-refractivity contribution in [2.24, 2.45) is 11.8 Å². The van der Waals surface area contributed by atoms with Crippen LogP contribution in [0.5, 0.6) is 0 Å². The van der Waals surface area contributed by atoms with E-state index in [-0.39, 0.29) is 0 Å². The van der Waals surface area contributed by atoms with Crippen LogP contribution in [-0.4, -0.2) is 0 Å². The zero-order valence-electron chi connectivity index (χ0n) is 14.8. The molecule has 2 unspecified atom stereocenters. The van der Waals surface area contributed by atoms with E-state index in [2.05, 4.69) is 39.8 Å². The largest absolute Gasteiger partial charge is 0.0917 e. The van der Waals surface area contributed by atoms with Crippen LogP contribution in [0.3, 0.4) is 0 Å². The van der Waals surface area contributed by atoms with Crippen molar-refractivity contribution in [1.82, 2.24) is 0 Å². The molecule has 0 aliphatic heterocycles. The van der Waals surface area contributed by atoms with Crippen LogP contribution in [0.4, 0.5) is 0 Å². The predicted octanol–water partition coefficient (Wildman–Crippen LogP) is 7.54. The van der Waals surface area contributed by atoms with Crippen LogP contribution in [0.1, 0.15) is 105 Å². The monoisotopic (exact) mass is 280 g/mol. The van der Waals surface area contributed by atoms with Crippen LogP contribution < -0.4 is 0 Å². The Labute approximate surface area is 129 Å². The molecule has 0 fully saturated rings. The molecule has 0 rings (SSSR count). The minimum atomic E-state index is 0.951. The minimum Gasteiger partial charge on any atom is -0.0917 e. The smallest absolute Gasteiger partial charge is 0.0351 e. The second kappa shape index (κ2) is 15.1. The average Bonchev–Trinajstić information content (AvgIpc) is 2.43. The van der Waals surface area contributed by atoms with E-state index in [4.69, 9.17) is 0 Å². The lowest BCUT2D eigenvalue weighted by atomic mass is 9.94. The second-order valence-electron chi connectivity index (χ2n) is 6.84. The fourth-order valence-electron chi connectivity index (χ4n) is 3.04. The molecular weight excluding hydrogens is 240 g/mol. The summed E-state index contributed by atoms with van der Waals surface area (Å²) in [6.45, 7) is 9.29. The third kappa shape index (κ3) is 14.2. The summed E-state index contributed by atoms with van der Waals surface area (Å²) in [7, 11) is 0. The van der Waals surface area contributed by atoms with Gasteiger partial charge in [0.05, 0.1) is 0 Å². The molecule has 0 N–H and O–H groups in total. The molecule has 0 aliphatic carbocycles. The Hall–Kier alpha value is -0.260. The Morgan fingerprint density at radius 1 is 0.700 bits per heavy atom. The number of unbranched alkanes of at least 4 members (excludes halogenated alkanes) is 5. The Kier molecular flexibility index (Phi) is 14.9. The average molecular weight is 281 g/mol. The van der Waals surface area contributed by atoms with Crippen LogP contribution in [0.2, 0.25) is 0 Å². The molecule has 0 aliphatic rings. The minimum absolute atomic E-state index is 0.951. The van der Waals surface area contributed by atoms with Crippen molar-refractivity contribution in [3.63, 3.8) is 0 Å². The van der Waals surface area contributed by atoms with Crippen LogP contribution in [0.25, 0.3) is 0 Å². The first-order chi connectivity index (χ1) is 9.70. The molecule has 0 saturated carbocycles. The first-order valence-electron chi connectivity index (χ1n) is 9.31. The van der Waals surface area contributed by atoms with Crippen LogP contribution in [0.15, 0.2) is 12.2 Å². The second-order valence-corrected chi connectivity index (χ2v) is 6.84. The molecule has 0 saturated heterocycles. The lowest BCUT2D eigenvalue weighted by molar-refractivity contribution is 0.408. The molecule has 0 heteroatoms. The van der Waals surface area contributed by atoms with Gasteiger partial charge in [0.2, 0.25) is 0 Å². The maximum Gasteiger partial charge on any atom is -0.0351 e. The number of allylic oxidation sites excluding steroid dienone is 2. The zero-order valence-corrected chi connectivity index (χ0v) is 14.8. The van der Waals surface area contributed by atoms with Gasteiger partial charge in [-0.2, -0.15) is 0 Å². The maximum absolute atomic E-state index is 2.45. The van der Waals surface area contributed by atoms with Crippen molar-refractivity contribution >= 4 is 0 Å². The third-order valence-corrected chi connectivity index (χ3v) is 4.48. The molecule has 120 valence electrons. The summed E-state index contributed by atoms with van der Waals surface area (Å²) in [6, 6.07) is 0. The van der Waals surface area contributed by atoms with Crippen LogP contribution in [-0.2, 0) is 0 Å². The normalized spacial score (nSPS) is 14.8. The van der Waals surface area contributed by atoms with Gasteiger partial charge in [-0.3, -0.25) is 0 Å². The Bertz CT molecular complexity index is 204. The molecule has 0 bridgehead atoms. The Morgan fingerprint density at radius 2 is 1.20 bits per heavy atom. The van der Waals surface area contributed by atoms with Gasteiger partial charge >= 0.3 is 0 Å². The third-order valence-electron chi connectivity index (χ3n) is 4.48. The summed E-state index contributed by atoms with van der Waals surface area (Å²) >= 11 is 0. The highest BCUT2D eigenvalue weighted by molar-refractivity contribution is 4.76. The van der Waals surface area contributed by atoms with Gasteiger partial charge in [0.15, 0.2) is 0 Å². The summed E-state index contributed by atoms with van der Waals surface area (Å²) < 4.78 is 0. The van der Waals surface area contributed by atoms with Gasteiger partial charge < -0.3 is 0 Å². The summed E-state index contributed by atoms with van der Waals surface area (Å²) in [6.07, 6.45) is 21.5. The Morgan fingerprint density at radius 3 is 1.75 bits per heavy atom. The van der Waals surface area contributed by atoms with E-state index in [1.165, 1.54) is 77.0 Å². The number of hydrogen-bond donors (Lipinski definition) is 0. The fourth-order valence-corrected chi connectivity index (χ4v) is 3.04. The van der Waals surface area contributed by atoms with Gasteiger partial charge in [-0.1, -0.05) is 97.1 Å². The van der Waals surface area contributed by atoms with E-state index in [1.54, 1.807) is 0 Å². The first-order valence-corrected chi connectivity index (χ1v) is 9.31. The van der Waals surface area contributed by atoms with Crippen LogP contribution >= 0.6 is 0 Å². The molecule has 0 aromatic rings. The SMILES string of the molecule is CC=CCCCCCCC(C)CCCCC(C)CCC. The van der Waals surface area contributed by atoms with Crippen LogP contribution in [0, 0.1) is 11.8 Å². The molecule has 0 amide bonds. The van der Waals surface area contributed by atoms with Crippen molar-refractivity contribution in [3.8, 4) is 0 Å². The highest BCUT2D eigenvalue weighted by Crippen LogP contribution is 2.20. The van der Waals surface area contributed by atoms with Crippen molar-refractivity contribution in [3.05, 3.63) is 12.2 Å². The highest BCUT2D eigenvalue weighted by Gasteiger charge is 2.04. The van der Waals surface area contributed by atoms with Gasteiger partial charge in [-0.15, -0.1) is 0 Å². The topological polar surface area (TPSA) is 0 Å².